The van der Waals surface area contributed by atoms with Crippen molar-refractivity contribution >= 4 is 11.5 Å². The first kappa shape index (κ1) is 14.4. The zero-order chi connectivity index (χ0) is 15.0. The molecular formula is C17H25N3O. The summed E-state index contributed by atoms with van der Waals surface area (Å²) in [6.07, 6.45) is 5.24. The Labute approximate surface area is 126 Å². The number of hydrogen-bond acceptors (Lipinski definition) is 3. The lowest BCUT2D eigenvalue weighted by atomic mass is 9.71. The summed E-state index contributed by atoms with van der Waals surface area (Å²) in [5, 5.41) is 18.6. The second-order valence-electron chi connectivity index (χ2n) is 6.63. The van der Waals surface area contributed by atoms with E-state index in [2.05, 4.69) is 17.9 Å². The van der Waals surface area contributed by atoms with Crippen LogP contribution in [-0.2, 0) is 0 Å². The monoisotopic (exact) mass is 287 g/mol. The smallest absolute Gasteiger partial charge is 0.124 e. The molecular weight excluding hydrogens is 262 g/mol. The fraction of sp³-hybridized carbons (Fsp3) is 0.588. The van der Waals surface area contributed by atoms with Gasteiger partial charge in [-0.25, -0.2) is 0 Å². The van der Waals surface area contributed by atoms with E-state index < -0.39 is 5.60 Å². The Bertz CT molecular complexity index is 557. The SMILES string of the molecule is Cc1cccc(C(=N)N)c1N1CCC2(O)CCCCC2C1. The van der Waals surface area contributed by atoms with E-state index in [0.29, 0.717) is 5.92 Å². The molecule has 2 aliphatic rings. The minimum absolute atomic E-state index is 0.123. The Hall–Kier alpha value is -1.55. The van der Waals surface area contributed by atoms with E-state index in [4.69, 9.17) is 11.1 Å². The average Bonchev–Trinajstić information content (AvgIpc) is 2.46. The Balaban J connectivity index is 1.91. The molecule has 4 nitrogen and oxygen atoms in total. The number of nitrogen functional groups attached to an aromatic ring is 1. The summed E-state index contributed by atoms with van der Waals surface area (Å²) >= 11 is 0. The number of rotatable bonds is 2. The molecule has 114 valence electrons. The maximum absolute atomic E-state index is 10.8. The molecule has 21 heavy (non-hydrogen) atoms. The molecule has 1 aromatic rings. The molecule has 0 bridgehead atoms. The molecule has 3 rings (SSSR count). The molecule has 2 fully saturated rings. The van der Waals surface area contributed by atoms with Gasteiger partial charge >= 0.3 is 0 Å². The first-order chi connectivity index (χ1) is 10.0. The molecule has 1 aliphatic heterocycles. The molecule has 1 aliphatic carbocycles. The molecule has 0 radical (unpaired) electrons. The largest absolute Gasteiger partial charge is 0.389 e. The number of fused-ring (bicyclic) bond motifs is 1. The van der Waals surface area contributed by atoms with Crippen LogP contribution in [0.25, 0.3) is 0 Å². The highest BCUT2D eigenvalue weighted by molar-refractivity contribution is 6.01. The fourth-order valence-electron chi connectivity index (χ4n) is 4.07. The first-order valence-corrected chi connectivity index (χ1v) is 7.92. The van der Waals surface area contributed by atoms with Crippen LogP contribution >= 0.6 is 0 Å². The number of amidine groups is 1. The van der Waals surface area contributed by atoms with E-state index in [1.165, 1.54) is 6.42 Å². The van der Waals surface area contributed by atoms with Crippen LogP contribution in [-0.4, -0.2) is 29.6 Å². The van der Waals surface area contributed by atoms with Gasteiger partial charge in [0.2, 0.25) is 0 Å². The topological polar surface area (TPSA) is 73.3 Å². The Morgan fingerprint density at radius 3 is 2.95 bits per heavy atom. The maximum Gasteiger partial charge on any atom is 0.124 e. The van der Waals surface area contributed by atoms with E-state index in [1.54, 1.807) is 0 Å². The van der Waals surface area contributed by atoms with E-state index in [0.717, 1.165) is 55.6 Å². The third kappa shape index (κ3) is 2.53. The Morgan fingerprint density at radius 2 is 2.19 bits per heavy atom. The van der Waals surface area contributed by atoms with Crippen molar-refractivity contribution in [1.29, 1.82) is 5.41 Å². The summed E-state index contributed by atoms with van der Waals surface area (Å²) in [5.41, 5.74) is 8.34. The highest BCUT2D eigenvalue weighted by Gasteiger charge is 2.43. The molecule has 4 N–H and O–H groups in total. The van der Waals surface area contributed by atoms with Crippen LogP contribution in [0.15, 0.2) is 18.2 Å². The van der Waals surface area contributed by atoms with E-state index in [1.807, 2.05) is 12.1 Å². The molecule has 4 heteroatoms. The number of para-hydroxylation sites is 1. The van der Waals surface area contributed by atoms with Crippen molar-refractivity contribution in [3.8, 4) is 0 Å². The number of aliphatic hydroxyl groups is 1. The van der Waals surface area contributed by atoms with Crippen molar-refractivity contribution in [2.24, 2.45) is 11.7 Å². The molecule has 0 aromatic heterocycles. The number of nitrogens with zero attached hydrogens (tertiary/aromatic N) is 1. The van der Waals surface area contributed by atoms with Crippen molar-refractivity contribution in [2.45, 2.75) is 44.6 Å². The van der Waals surface area contributed by atoms with Gasteiger partial charge in [0.05, 0.1) is 11.3 Å². The van der Waals surface area contributed by atoms with Gasteiger partial charge in [-0.15, -0.1) is 0 Å². The summed E-state index contributed by atoms with van der Waals surface area (Å²) in [6, 6.07) is 5.95. The van der Waals surface area contributed by atoms with Crippen LogP contribution < -0.4 is 10.6 Å². The number of nitrogens with one attached hydrogen (secondary N) is 1. The van der Waals surface area contributed by atoms with Gasteiger partial charge in [-0.3, -0.25) is 5.41 Å². The highest BCUT2D eigenvalue weighted by Crippen LogP contribution is 2.41. The van der Waals surface area contributed by atoms with Gasteiger partial charge in [0, 0.05) is 24.6 Å². The zero-order valence-corrected chi connectivity index (χ0v) is 12.7. The lowest BCUT2D eigenvalue weighted by Crippen LogP contribution is -2.53. The number of hydrogen-bond donors (Lipinski definition) is 3. The lowest BCUT2D eigenvalue weighted by Gasteiger charge is -2.48. The second-order valence-corrected chi connectivity index (χ2v) is 6.63. The molecule has 0 amide bonds. The predicted octanol–water partition coefficient (Wildman–Crippen LogP) is 2.41. The van der Waals surface area contributed by atoms with Gasteiger partial charge in [0.15, 0.2) is 0 Å². The van der Waals surface area contributed by atoms with Crippen molar-refractivity contribution in [3.05, 3.63) is 29.3 Å². The molecule has 1 saturated carbocycles. The van der Waals surface area contributed by atoms with Gasteiger partial charge in [0.25, 0.3) is 0 Å². The highest BCUT2D eigenvalue weighted by atomic mass is 16.3. The average molecular weight is 287 g/mol. The van der Waals surface area contributed by atoms with Crippen LogP contribution in [0.1, 0.15) is 43.2 Å². The quantitative estimate of drug-likeness (QED) is 0.577. The van der Waals surface area contributed by atoms with Crippen molar-refractivity contribution in [2.75, 3.05) is 18.0 Å². The van der Waals surface area contributed by atoms with Gasteiger partial charge in [-0.2, -0.15) is 0 Å². The Kier molecular flexibility index (Phi) is 3.66. The number of aryl methyl sites for hydroxylation is 1. The van der Waals surface area contributed by atoms with Gasteiger partial charge < -0.3 is 15.7 Å². The third-order valence-electron chi connectivity index (χ3n) is 5.27. The minimum atomic E-state index is -0.464. The fourth-order valence-corrected chi connectivity index (χ4v) is 4.07. The van der Waals surface area contributed by atoms with E-state index in [9.17, 15) is 5.11 Å². The molecule has 2 atom stereocenters. The van der Waals surface area contributed by atoms with Gasteiger partial charge in [-0.1, -0.05) is 25.0 Å². The van der Waals surface area contributed by atoms with Gasteiger partial charge in [0.1, 0.15) is 5.84 Å². The predicted molar refractivity (Wildman–Crippen MR) is 85.9 cm³/mol. The zero-order valence-electron chi connectivity index (χ0n) is 12.7. The first-order valence-electron chi connectivity index (χ1n) is 7.92. The molecule has 1 saturated heterocycles. The van der Waals surface area contributed by atoms with Crippen molar-refractivity contribution in [3.63, 3.8) is 0 Å². The van der Waals surface area contributed by atoms with E-state index in [-0.39, 0.29) is 5.84 Å². The molecule has 1 aromatic carbocycles. The minimum Gasteiger partial charge on any atom is -0.389 e. The number of anilines is 1. The van der Waals surface area contributed by atoms with Crippen molar-refractivity contribution in [1.82, 2.24) is 0 Å². The number of nitrogens with two attached hydrogens (primary N) is 1. The number of benzene rings is 1. The van der Waals surface area contributed by atoms with Crippen LogP contribution in [0.2, 0.25) is 0 Å². The summed E-state index contributed by atoms with van der Waals surface area (Å²) in [5.74, 6) is 0.470. The van der Waals surface area contributed by atoms with Crippen LogP contribution in [0.3, 0.4) is 0 Å². The van der Waals surface area contributed by atoms with Crippen LogP contribution in [0.5, 0.6) is 0 Å². The lowest BCUT2D eigenvalue weighted by molar-refractivity contribution is -0.0612. The summed E-state index contributed by atoms with van der Waals surface area (Å²) in [6.45, 7) is 3.79. The van der Waals surface area contributed by atoms with E-state index >= 15 is 0 Å². The Morgan fingerprint density at radius 1 is 1.38 bits per heavy atom. The molecule has 2 unspecified atom stereocenters. The maximum atomic E-state index is 10.8. The van der Waals surface area contributed by atoms with Gasteiger partial charge in [-0.05, 0) is 37.8 Å². The summed E-state index contributed by atoms with van der Waals surface area (Å²) in [4.78, 5) is 2.33. The second kappa shape index (κ2) is 5.34. The molecule has 0 spiro atoms. The normalized spacial score (nSPS) is 29.0. The summed E-state index contributed by atoms with van der Waals surface area (Å²) in [7, 11) is 0. The summed E-state index contributed by atoms with van der Waals surface area (Å²) < 4.78 is 0. The van der Waals surface area contributed by atoms with Crippen LogP contribution in [0, 0.1) is 18.3 Å². The third-order valence-corrected chi connectivity index (χ3v) is 5.27. The molecule has 1 heterocycles. The standard InChI is InChI=1S/C17H25N3O/c1-12-5-4-7-14(16(18)19)15(12)20-10-9-17(21)8-3-2-6-13(17)11-20/h4-5,7,13,21H,2-3,6,8-11H2,1H3,(H3,18,19). The number of piperidine rings is 1. The van der Waals surface area contributed by atoms with Crippen molar-refractivity contribution < 1.29 is 5.11 Å². The van der Waals surface area contributed by atoms with Crippen LogP contribution in [0.4, 0.5) is 5.69 Å².